The summed E-state index contributed by atoms with van der Waals surface area (Å²) in [5.41, 5.74) is 0. The van der Waals surface area contributed by atoms with Gasteiger partial charge in [0.2, 0.25) is 5.91 Å². The Morgan fingerprint density at radius 3 is 3.04 bits per heavy atom. The number of rotatable bonds is 9. The molecule has 1 saturated heterocycles. The van der Waals surface area contributed by atoms with Crippen LogP contribution in [0.4, 0.5) is 0 Å². The molecule has 2 aromatic heterocycles. The molecule has 0 aliphatic carbocycles. The zero-order valence-electron chi connectivity index (χ0n) is 15.5. The van der Waals surface area contributed by atoms with Crippen molar-refractivity contribution < 1.29 is 9.53 Å². The molecule has 27 heavy (non-hydrogen) atoms. The van der Waals surface area contributed by atoms with Gasteiger partial charge in [0.25, 0.3) is 0 Å². The van der Waals surface area contributed by atoms with Crippen LogP contribution in [0.2, 0.25) is 0 Å². The van der Waals surface area contributed by atoms with Gasteiger partial charge in [-0.2, -0.15) is 0 Å². The largest absolute Gasteiger partial charge is 0.379 e. The van der Waals surface area contributed by atoms with Crippen LogP contribution in [0.3, 0.4) is 0 Å². The van der Waals surface area contributed by atoms with Crippen LogP contribution in [0, 0.1) is 0 Å². The Hall–Kier alpha value is -1.68. The van der Waals surface area contributed by atoms with Crippen LogP contribution < -0.4 is 5.32 Å². The molecule has 0 unspecified atom stereocenters. The summed E-state index contributed by atoms with van der Waals surface area (Å²) in [6.45, 7) is 5.23. The van der Waals surface area contributed by atoms with Crippen molar-refractivity contribution in [1.29, 1.82) is 0 Å². The van der Waals surface area contributed by atoms with Gasteiger partial charge in [-0.05, 0) is 17.5 Å². The van der Waals surface area contributed by atoms with Gasteiger partial charge in [0, 0.05) is 56.4 Å². The number of nitrogens with one attached hydrogen (secondary N) is 1. The van der Waals surface area contributed by atoms with E-state index in [9.17, 15) is 4.79 Å². The van der Waals surface area contributed by atoms with Gasteiger partial charge >= 0.3 is 0 Å². The fraction of sp³-hybridized carbons (Fsp3) is 0.500. The van der Waals surface area contributed by atoms with E-state index in [0.717, 1.165) is 54.5 Å². The van der Waals surface area contributed by atoms with Crippen molar-refractivity contribution in [2.24, 2.45) is 7.05 Å². The molecule has 0 atom stereocenters. The fourth-order valence-corrected chi connectivity index (χ4v) is 4.23. The fourth-order valence-electron chi connectivity index (χ4n) is 2.68. The molecule has 1 fully saturated rings. The molecule has 0 radical (unpaired) electrons. The Bertz CT molecular complexity index is 739. The standard InChI is InChI=1S/C18H25N5O2S2/c1-22-16(6-7-19-17(24)5-4-15-3-2-13-26-15)20-21-18(22)27-14-10-23-8-11-25-12-9-23/h2-5,13H,6-12,14H2,1H3,(H,19,24). The Morgan fingerprint density at radius 1 is 1.41 bits per heavy atom. The molecule has 0 spiro atoms. The van der Waals surface area contributed by atoms with E-state index in [-0.39, 0.29) is 5.91 Å². The highest BCUT2D eigenvalue weighted by molar-refractivity contribution is 7.99. The Labute approximate surface area is 167 Å². The van der Waals surface area contributed by atoms with Crippen LogP contribution in [0.25, 0.3) is 6.08 Å². The summed E-state index contributed by atoms with van der Waals surface area (Å²) in [5, 5.41) is 14.3. The van der Waals surface area contributed by atoms with E-state index in [1.54, 1.807) is 29.2 Å². The molecule has 9 heteroatoms. The summed E-state index contributed by atoms with van der Waals surface area (Å²) in [6, 6.07) is 3.94. The van der Waals surface area contributed by atoms with E-state index in [1.165, 1.54) is 0 Å². The van der Waals surface area contributed by atoms with Gasteiger partial charge in [-0.1, -0.05) is 17.8 Å². The van der Waals surface area contributed by atoms with Gasteiger partial charge in [-0.3, -0.25) is 9.69 Å². The first-order valence-corrected chi connectivity index (χ1v) is 10.9. The van der Waals surface area contributed by atoms with Crippen LogP contribution in [0.5, 0.6) is 0 Å². The lowest BCUT2D eigenvalue weighted by molar-refractivity contribution is -0.116. The number of morpholine rings is 1. The normalized spacial score (nSPS) is 15.4. The van der Waals surface area contributed by atoms with Gasteiger partial charge < -0.3 is 14.6 Å². The molecule has 2 aromatic rings. The molecule has 3 rings (SSSR count). The van der Waals surface area contributed by atoms with Gasteiger partial charge in [0.05, 0.1) is 13.2 Å². The average Bonchev–Trinajstić information content (AvgIpc) is 3.32. The minimum atomic E-state index is -0.0920. The number of carbonyl (C=O) groups excluding carboxylic acids is 1. The van der Waals surface area contributed by atoms with E-state index in [0.29, 0.717) is 13.0 Å². The van der Waals surface area contributed by atoms with Crippen molar-refractivity contribution >= 4 is 35.1 Å². The summed E-state index contributed by atoms with van der Waals surface area (Å²) in [6.07, 6.45) is 4.05. The van der Waals surface area contributed by atoms with Crippen LogP contribution >= 0.6 is 23.1 Å². The predicted molar refractivity (Wildman–Crippen MR) is 109 cm³/mol. The number of thiophene rings is 1. The SMILES string of the molecule is Cn1c(CCNC(=O)C=Cc2cccs2)nnc1SCCN1CCOCC1. The Kier molecular flexibility index (Phi) is 7.88. The molecule has 1 N–H and O–H groups in total. The second-order valence-electron chi connectivity index (χ2n) is 6.15. The highest BCUT2D eigenvalue weighted by atomic mass is 32.2. The lowest BCUT2D eigenvalue weighted by Crippen LogP contribution is -2.37. The molecule has 1 aliphatic heterocycles. The maximum Gasteiger partial charge on any atom is 0.244 e. The predicted octanol–water partition coefficient (Wildman–Crippen LogP) is 1.67. The molecule has 0 saturated carbocycles. The summed E-state index contributed by atoms with van der Waals surface area (Å²) in [7, 11) is 1.98. The number of carbonyl (C=O) groups is 1. The molecule has 146 valence electrons. The summed E-state index contributed by atoms with van der Waals surface area (Å²) in [5.74, 6) is 1.77. The van der Waals surface area contributed by atoms with E-state index in [1.807, 2.05) is 35.2 Å². The number of aromatic nitrogens is 3. The van der Waals surface area contributed by atoms with Gasteiger partial charge in [0.1, 0.15) is 5.82 Å². The first-order valence-electron chi connectivity index (χ1n) is 9.03. The third kappa shape index (κ3) is 6.46. The van der Waals surface area contributed by atoms with Gasteiger partial charge in [-0.15, -0.1) is 21.5 Å². The third-order valence-corrected chi connectivity index (χ3v) is 6.10. The Balaban J connectivity index is 1.37. The summed E-state index contributed by atoms with van der Waals surface area (Å²) < 4.78 is 7.38. The van der Waals surface area contributed by atoms with Crippen molar-refractivity contribution in [2.45, 2.75) is 11.6 Å². The summed E-state index contributed by atoms with van der Waals surface area (Å²) in [4.78, 5) is 15.3. The minimum absolute atomic E-state index is 0.0920. The second-order valence-corrected chi connectivity index (χ2v) is 8.19. The number of hydrogen-bond acceptors (Lipinski definition) is 7. The minimum Gasteiger partial charge on any atom is -0.379 e. The maximum atomic E-state index is 11.9. The van der Waals surface area contributed by atoms with E-state index < -0.39 is 0 Å². The molecule has 0 bridgehead atoms. The van der Waals surface area contributed by atoms with E-state index >= 15 is 0 Å². The summed E-state index contributed by atoms with van der Waals surface area (Å²) >= 11 is 3.32. The number of nitrogens with zero attached hydrogens (tertiary/aromatic N) is 4. The lowest BCUT2D eigenvalue weighted by atomic mass is 10.3. The molecule has 3 heterocycles. The molecule has 0 aromatic carbocycles. The van der Waals surface area contributed by atoms with E-state index in [2.05, 4.69) is 20.4 Å². The average molecular weight is 408 g/mol. The number of amides is 1. The van der Waals surface area contributed by atoms with Crippen molar-refractivity contribution in [3.63, 3.8) is 0 Å². The second kappa shape index (κ2) is 10.6. The van der Waals surface area contributed by atoms with Crippen LogP contribution in [-0.2, 0) is 23.0 Å². The topological polar surface area (TPSA) is 72.3 Å². The van der Waals surface area contributed by atoms with Crippen molar-refractivity contribution in [3.05, 3.63) is 34.3 Å². The van der Waals surface area contributed by atoms with Crippen LogP contribution in [-0.4, -0.2) is 70.7 Å². The van der Waals surface area contributed by atoms with Crippen molar-refractivity contribution in [1.82, 2.24) is 25.0 Å². The highest BCUT2D eigenvalue weighted by Gasteiger charge is 2.12. The molecular formula is C18H25N5O2S2. The first-order chi connectivity index (χ1) is 13.2. The third-order valence-electron chi connectivity index (χ3n) is 4.26. The molecule has 1 amide bonds. The van der Waals surface area contributed by atoms with Crippen molar-refractivity contribution in [3.8, 4) is 0 Å². The number of hydrogen-bond donors (Lipinski definition) is 1. The zero-order chi connectivity index (χ0) is 18.9. The number of ether oxygens (including phenoxy) is 1. The first kappa shape index (κ1) is 20.1. The highest BCUT2D eigenvalue weighted by Crippen LogP contribution is 2.16. The molecule has 7 nitrogen and oxygen atoms in total. The van der Waals surface area contributed by atoms with E-state index in [4.69, 9.17) is 4.74 Å². The van der Waals surface area contributed by atoms with Gasteiger partial charge in [0.15, 0.2) is 5.16 Å². The van der Waals surface area contributed by atoms with Gasteiger partial charge in [-0.25, -0.2) is 0 Å². The maximum absolute atomic E-state index is 11.9. The monoisotopic (exact) mass is 407 g/mol. The molecule has 1 aliphatic rings. The lowest BCUT2D eigenvalue weighted by Gasteiger charge is -2.26. The Morgan fingerprint density at radius 2 is 2.26 bits per heavy atom. The zero-order valence-corrected chi connectivity index (χ0v) is 17.1. The quantitative estimate of drug-likeness (QED) is 0.504. The van der Waals surface area contributed by atoms with Crippen LogP contribution in [0.15, 0.2) is 28.7 Å². The van der Waals surface area contributed by atoms with Crippen LogP contribution in [0.1, 0.15) is 10.7 Å². The number of thioether (sulfide) groups is 1. The smallest absolute Gasteiger partial charge is 0.244 e. The molecular weight excluding hydrogens is 382 g/mol. The van der Waals surface area contributed by atoms with Crippen molar-refractivity contribution in [2.75, 3.05) is 45.1 Å².